The van der Waals surface area contributed by atoms with E-state index in [1.807, 2.05) is 20.8 Å². The molecule has 11 heteroatoms. The molecular formula is C24H38N4O7. The highest BCUT2D eigenvalue weighted by molar-refractivity contribution is 5.94. The molecule has 0 aliphatic heterocycles. The molecule has 8 N–H and O–H groups in total. The summed E-state index contributed by atoms with van der Waals surface area (Å²) in [6.45, 7) is 6.47. The highest BCUT2D eigenvalue weighted by atomic mass is 16.4. The summed E-state index contributed by atoms with van der Waals surface area (Å²) in [4.78, 5) is 49.7. The SMILES string of the molecule is CCC(C)C(NC(=O)C(CO)NC(=O)C(N)Cc1ccc(O)cc1)C(=O)NC(CC(C)C)C(=O)O. The van der Waals surface area contributed by atoms with E-state index in [0.29, 0.717) is 12.0 Å². The Morgan fingerprint density at radius 3 is 1.97 bits per heavy atom. The number of carboxylic acids is 1. The number of carbonyl (C=O) groups excluding carboxylic acids is 3. The van der Waals surface area contributed by atoms with Crippen LogP contribution in [0.3, 0.4) is 0 Å². The van der Waals surface area contributed by atoms with Gasteiger partial charge in [0.15, 0.2) is 0 Å². The van der Waals surface area contributed by atoms with E-state index in [4.69, 9.17) is 5.73 Å². The number of nitrogens with one attached hydrogen (secondary N) is 3. The molecule has 0 aromatic heterocycles. The van der Waals surface area contributed by atoms with Crippen molar-refractivity contribution in [1.82, 2.24) is 16.0 Å². The van der Waals surface area contributed by atoms with Crippen LogP contribution in [0.25, 0.3) is 0 Å². The molecule has 0 fully saturated rings. The van der Waals surface area contributed by atoms with Gasteiger partial charge in [-0.05, 0) is 42.4 Å². The highest BCUT2D eigenvalue weighted by Gasteiger charge is 2.32. The maximum absolute atomic E-state index is 12.9. The average Bonchev–Trinajstić information content (AvgIpc) is 2.80. The smallest absolute Gasteiger partial charge is 0.326 e. The third kappa shape index (κ3) is 9.91. The molecule has 196 valence electrons. The minimum Gasteiger partial charge on any atom is -0.508 e. The van der Waals surface area contributed by atoms with Crippen molar-refractivity contribution in [1.29, 1.82) is 0 Å². The second-order valence-electron chi connectivity index (χ2n) is 9.12. The van der Waals surface area contributed by atoms with E-state index in [1.54, 1.807) is 19.1 Å². The number of aromatic hydroxyl groups is 1. The maximum Gasteiger partial charge on any atom is 0.326 e. The molecule has 0 spiro atoms. The van der Waals surface area contributed by atoms with Crippen LogP contribution in [-0.4, -0.2) is 69.8 Å². The number of benzene rings is 1. The van der Waals surface area contributed by atoms with Gasteiger partial charge in [0, 0.05) is 0 Å². The normalized spacial score (nSPS) is 15.4. The van der Waals surface area contributed by atoms with Crippen LogP contribution in [0.5, 0.6) is 5.75 Å². The molecular weight excluding hydrogens is 456 g/mol. The molecule has 0 radical (unpaired) electrons. The predicted octanol–water partition coefficient (Wildman–Crippen LogP) is -0.114. The van der Waals surface area contributed by atoms with Gasteiger partial charge in [-0.3, -0.25) is 14.4 Å². The molecule has 1 rings (SSSR count). The number of hydrogen-bond acceptors (Lipinski definition) is 7. The van der Waals surface area contributed by atoms with Gasteiger partial charge < -0.3 is 37.0 Å². The average molecular weight is 495 g/mol. The first-order valence-electron chi connectivity index (χ1n) is 11.7. The highest BCUT2D eigenvalue weighted by Crippen LogP contribution is 2.12. The number of carboxylic acid groups (broad SMARTS) is 1. The number of phenols is 1. The summed E-state index contributed by atoms with van der Waals surface area (Å²) in [5, 5.41) is 35.8. The minimum atomic E-state index is -1.36. The third-order valence-corrected chi connectivity index (χ3v) is 5.66. The monoisotopic (exact) mass is 494 g/mol. The standard InChI is InChI=1S/C24H38N4O7/c1-5-14(4)20(23(33)26-18(24(34)35)10-13(2)3)28-22(32)19(12-29)27-21(31)17(25)11-15-6-8-16(30)9-7-15/h6-9,13-14,17-20,29-30H,5,10-12,25H2,1-4H3,(H,26,33)(H,27,31)(H,28,32)(H,34,35). The van der Waals surface area contributed by atoms with E-state index in [0.717, 1.165) is 0 Å². The first kappa shape index (κ1) is 29.9. The van der Waals surface area contributed by atoms with Crippen molar-refractivity contribution < 1.29 is 34.5 Å². The Balaban J connectivity index is 2.86. The lowest BCUT2D eigenvalue weighted by Crippen LogP contribution is -2.59. The van der Waals surface area contributed by atoms with Crippen molar-refractivity contribution in [3.63, 3.8) is 0 Å². The van der Waals surface area contributed by atoms with Gasteiger partial charge in [-0.25, -0.2) is 4.79 Å². The van der Waals surface area contributed by atoms with Crippen LogP contribution in [0.2, 0.25) is 0 Å². The fourth-order valence-corrected chi connectivity index (χ4v) is 3.36. The van der Waals surface area contributed by atoms with Gasteiger partial charge in [0.2, 0.25) is 17.7 Å². The number of phenolic OH excluding ortho intramolecular Hbond substituents is 1. The zero-order chi connectivity index (χ0) is 26.7. The molecule has 0 heterocycles. The van der Waals surface area contributed by atoms with Crippen LogP contribution >= 0.6 is 0 Å². The van der Waals surface area contributed by atoms with Crippen molar-refractivity contribution in [2.24, 2.45) is 17.6 Å². The fraction of sp³-hybridized carbons (Fsp3) is 0.583. The van der Waals surface area contributed by atoms with Crippen molar-refractivity contribution in [2.45, 2.75) is 71.1 Å². The number of carbonyl (C=O) groups is 4. The first-order chi connectivity index (χ1) is 16.4. The summed E-state index contributed by atoms with van der Waals surface area (Å²) in [6.07, 6.45) is 0.862. The molecule has 0 aliphatic carbocycles. The molecule has 35 heavy (non-hydrogen) atoms. The van der Waals surface area contributed by atoms with Gasteiger partial charge in [-0.15, -0.1) is 0 Å². The van der Waals surface area contributed by atoms with Crippen molar-refractivity contribution in [3.8, 4) is 5.75 Å². The van der Waals surface area contributed by atoms with Crippen LogP contribution in [0.15, 0.2) is 24.3 Å². The van der Waals surface area contributed by atoms with Crippen molar-refractivity contribution in [2.75, 3.05) is 6.61 Å². The number of amides is 3. The second kappa shape index (κ2) is 14.3. The summed E-state index contributed by atoms with van der Waals surface area (Å²) < 4.78 is 0. The van der Waals surface area contributed by atoms with Gasteiger partial charge in [0.05, 0.1) is 12.6 Å². The Morgan fingerprint density at radius 1 is 0.914 bits per heavy atom. The number of aliphatic hydroxyl groups is 1. The summed E-state index contributed by atoms with van der Waals surface area (Å²) in [7, 11) is 0. The Kier molecular flexibility index (Phi) is 12.2. The van der Waals surface area contributed by atoms with E-state index in [1.165, 1.54) is 12.1 Å². The van der Waals surface area contributed by atoms with Crippen molar-refractivity contribution in [3.05, 3.63) is 29.8 Å². The Labute approximate surface area is 205 Å². The van der Waals surface area contributed by atoms with Gasteiger partial charge in [0.1, 0.15) is 23.9 Å². The maximum atomic E-state index is 12.9. The number of hydrogen-bond donors (Lipinski definition) is 7. The zero-order valence-corrected chi connectivity index (χ0v) is 20.7. The molecule has 1 aromatic carbocycles. The van der Waals surface area contributed by atoms with Crippen molar-refractivity contribution >= 4 is 23.7 Å². The number of nitrogens with two attached hydrogens (primary N) is 1. The van der Waals surface area contributed by atoms with Crippen LogP contribution in [0.1, 0.15) is 46.1 Å². The van der Waals surface area contributed by atoms with Gasteiger partial charge in [-0.1, -0.05) is 46.2 Å². The number of aliphatic hydroxyl groups excluding tert-OH is 1. The molecule has 0 saturated carbocycles. The van der Waals surface area contributed by atoms with Crippen LogP contribution in [0, 0.1) is 11.8 Å². The molecule has 0 aliphatic rings. The number of aliphatic carboxylic acids is 1. The number of rotatable bonds is 14. The van der Waals surface area contributed by atoms with Gasteiger partial charge in [-0.2, -0.15) is 0 Å². The van der Waals surface area contributed by atoms with E-state index < -0.39 is 54.5 Å². The van der Waals surface area contributed by atoms with Crippen LogP contribution in [-0.2, 0) is 25.6 Å². The van der Waals surface area contributed by atoms with Crippen LogP contribution in [0.4, 0.5) is 0 Å². The lowest BCUT2D eigenvalue weighted by molar-refractivity contribution is -0.143. The van der Waals surface area contributed by atoms with E-state index in [-0.39, 0.29) is 30.4 Å². The Bertz CT molecular complexity index is 860. The van der Waals surface area contributed by atoms with Crippen LogP contribution < -0.4 is 21.7 Å². The lowest BCUT2D eigenvalue weighted by atomic mass is 9.96. The van der Waals surface area contributed by atoms with Gasteiger partial charge in [0.25, 0.3) is 0 Å². The van der Waals surface area contributed by atoms with E-state index in [2.05, 4.69) is 16.0 Å². The summed E-state index contributed by atoms with van der Waals surface area (Å²) in [5.74, 6) is -3.57. The van der Waals surface area contributed by atoms with E-state index in [9.17, 15) is 34.5 Å². The molecule has 0 saturated heterocycles. The predicted molar refractivity (Wildman–Crippen MR) is 129 cm³/mol. The fourth-order valence-electron chi connectivity index (χ4n) is 3.36. The topological polar surface area (TPSA) is 191 Å². The molecule has 1 aromatic rings. The van der Waals surface area contributed by atoms with Gasteiger partial charge >= 0.3 is 5.97 Å². The largest absolute Gasteiger partial charge is 0.508 e. The summed E-state index contributed by atoms with van der Waals surface area (Å²) >= 11 is 0. The summed E-state index contributed by atoms with van der Waals surface area (Å²) in [6, 6.07) is 1.56. The first-order valence-corrected chi connectivity index (χ1v) is 11.7. The molecule has 3 amide bonds. The quantitative estimate of drug-likeness (QED) is 0.186. The minimum absolute atomic E-state index is 0.0211. The molecule has 11 nitrogen and oxygen atoms in total. The van der Waals surface area contributed by atoms with E-state index >= 15 is 0 Å². The molecule has 5 atom stereocenters. The summed E-state index contributed by atoms with van der Waals surface area (Å²) in [5.41, 5.74) is 6.62. The Hall–Kier alpha value is -3.18. The second-order valence-corrected chi connectivity index (χ2v) is 9.12. The lowest BCUT2D eigenvalue weighted by Gasteiger charge is -2.28. The molecule has 5 unspecified atom stereocenters. The zero-order valence-electron chi connectivity index (χ0n) is 20.7. The molecule has 0 bridgehead atoms. The third-order valence-electron chi connectivity index (χ3n) is 5.66. The Morgan fingerprint density at radius 2 is 1.49 bits per heavy atom.